The molecule has 0 saturated heterocycles. The first-order chi connectivity index (χ1) is 15.7. The summed E-state index contributed by atoms with van der Waals surface area (Å²) in [6.07, 6.45) is 0.601. The summed E-state index contributed by atoms with van der Waals surface area (Å²) < 4.78 is 13.1. The Labute approximate surface area is 193 Å². The molecule has 172 valence electrons. The number of hydrogen-bond acceptors (Lipinski definition) is 7. The number of rotatable bonds is 8. The number of amides is 2. The highest BCUT2D eigenvalue weighted by atomic mass is 32.1. The fourth-order valence-electron chi connectivity index (χ4n) is 3.04. The minimum atomic E-state index is -0.902. The van der Waals surface area contributed by atoms with Crippen LogP contribution in [0, 0.1) is 28.8 Å². The highest BCUT2D eigenvalue weighted by molar-refractivity contribution is 7.18. The molecule has 11 heteroatoms. The van der Waals surface area contributed by atoms with Crippen LogP contribution in [0.3, 0.4) is 0 Å². The third-order valence-corrected chi connectivity index (χ3v) is 6.08. The minimum Gasteiger partial charge on any atom is -0.340 e. The molecule has 2 aromatic carbocycles. The summed E-state index contributed by atoms with van der Waals surface area (Å²) in [6.45, 7) is 5.27. The molecular formula is C22H22FN5O4S. The molecular weight excluding hydrogens is 449 g/mol. The van der Waals surface area contributed by atoms with Crippen molar-refractivity contribution in [2.45, 2.75) is 33.2 Å². The lowest BCUT2D eigenvalue weighted by Gasteiger charge is -2.23. The molecule has 0 spiro atoms. The average molecular weight is 472 g/mol. The number of benzene rings is 2. The zero-order valence-electron chi connectivity index (χ0n) is 18.2. The number of nitrogens with one attached hydrogen (secondary N) is 2. The van der Waals surface area contributed by atoms with Crippen molar-refractivity contribution in [3.8, 4) is 10.6 Å². The van der Waals surface area contributed by atoms with Crippen LogP contribution in [-0.4, -0.2) is 33.0 Å². The van der Waals surface area contributed by atoms with Gasteiger partial charge in [-0.1, -0.05) is 37.7 Å². The molecule has 33 heavy (non-hydrogen) atoms. The number of hydrogen-bond donors (Lipinski definition) is 2. The van der Waals surface area contributed by atoms with Crippen LogP contribution < -0.4 is 10.6 Å². The van der Waals surface area contributed by atoms with Gasteiger partial charge >= 0.3 is 0 Å². The van der Waals surface area contributed by atoms with E-state index in [1.54, 1.807) is 19.1 Å². The van der Waals surface area contributed by atoms with Crippen LogP contribution in [0.5, 0.6) is 0 Å². The first-order valence-corrected chi connectivity index (χ1v) is 11.0. The summed E-state index contributed by atoms with van der Waals surface area (Å²) in [5.74, 6) is -1.68. The summed E-state index contributed by atoms with van der Waals surface area (Å²) in [5, 5.41) is 25.2. The molecule has 0 aliphatic carbocycles. The van der Waals surface area contributed by atoms with E-state index in [9.17, 15) is 24.1 Å². The van der Waals surface area contributed by atoms with E-state index in [2.05, 4.69) is 20.8 Å². The van der Waals surface area contributed by atoms with E-state index in [-0.39, 0.29) is 28.1 Å². The van der Waals surface area contributed by atoms with Gasteiger partial charge in [0, 0.05) is 22.8 Å². The van der Waals surface area contributed by atoms with Crippen molar-refractivity contribution in [1.82, 2.24) is 15.5 Å². The van der Waals surface area contributed by atoms with Crippen molar-refractivity contribution in [2.75, 3.05) is 5.32 Å². The van der Waals surface area contributed by atoms with E-state index in [1.165, 1.54) is 30.3 Å². The molecule has 0 saturated carbocycles. The molecule has 1 heterocycles. The quantitative estimate of drug-likeness (QED) is 0.372. The summed E-state index contributed by atoms with van der Waals surface area (Å²) in [7, 11) is 0. The predicted molar refractivity (Wildman–Crippen MR) is 122 cm³/mol. The highest BCUT2D eigenvalue weighted by Gasteiger charge is 2.28. The maximum Gasteiger partial charge on any atom is 0.273 e. The van der Waals surface area contributed by atoms with Crippen LogP contribution in [0.15, 0.2) is 42.5 Å². The summed E-state index contributed by atoms with van der Waals surface area (Å²) in [4.78, 5) is 36.3. The van der Waals surface area contributed by atoms with E-state index in [4.69, 9.17) is 0 Å². The first kappa shape index (κ1) is 23.9. The van der Waals surface area contributed by atoms with Gasteiger partial charge in [-0.2, -0.15) is 0 Å². The maximum atomic E-state index is 13.1. The molecule has 2 amide bonds. The molecule has 1 aromatic heterocycles. The molecule has 2 atom stereocenters. The lowest BCUT2D eigenvalue weighted by Crippen LogP contribution is -2.47. The fourth-order valence-corrected chi connectivity index (χ4v) is 3.79. The van der Waals surface area contributed by atoms with Gasteiger partial charge in [-0.25, -0.2) is 4.39 Å². The zero-order valence-corrected chi connectivity index (χ0v) is 19.0. The lowest BCUT2D eigenvalue weighted by atomic mass is 9.97. The second-order valence-electron chi connectivity index (χ2n) is 7.50. The third kappa shape index (κ3) is 5.75. The van der Waals surface area contributed by atoms with Gasteiger partial charge in [-0.15, -0.1) is 10.2 Å². The largest absolute Gasteiger partial charge is 0.340 e. The average Bonchev–Trinajstić information content (AvgIpc) is 3.25. The van der Waals surface area contributed by atoms with Crippen LogP contribution in [0.4, 0.5) is 15.2 Å². The second kappa shape index (κ2) is 10.3. The molecule has 9 nitrogen and oxygen atoms in total. The molecule has 3 aromatic rings. The Morgan fingerprint density at radius 2 is 1.88 bits per heavy atom. The van der Waals surface area contributed by atoms with E-state index in [1.807, 2.05) is 13.8 Å². The van der Waals surface area contributed by atoms with Crippen LogP contribution in [0.25, 0.3) is 10.6 Å². The number of carbonyl (C=O) groups excluding carboxylic acids is 2. The number of carbonyl (C=O) groups is 2. The normalized spacial score (nSPS) is 12.6. The molecule has 0 fully saturated rings. The molecule has 0 radical (unpaired) electrons. The maximum absolute atomic E-state index is 13.1. The lowest BCUT2D eigenvalue weighted by molar-refractivity contribution is -0.385. The Hall–Kier alpha value is -3.73. The Balaban J connectivity index is 1.76. The van der Waals surface area contributed by atoms with Gasteiger partial charge in [0.2, 0.25) is 11.0 Å². The Bertz CT molecular complexity index is 1180. The van der Waals surface area contributed by atoms with E-state index in [0.29, 0.717) is 22.6 Å². The summed E-state index contributed by atoms with van der Waals surface area (Å²) >= 11 is 1.11. The second-order valence-corrected chi connectivity index (χ2v) is 8.48. The van der Waals surface area contributed by atoms with Crippen LogP contribution in [-0.2, 0) is 4.79 Å². The number of nitrogens with zero attached hydrogens (tertiary/aromatic N) is 3. The van der Waals surface area contributed by atoms with Crippen molar-refractivity contribution in [3.05, 3.63) is 69.5 Å². The first-order valence-electron chi connectivity index (χ1n) is 10.2. The van der Waals surface area contributed by atoms with Gasteiger partial charge in [0.05, 0.1) is 4.92 Å². The smallest absolute Gasteiger partial charge is 0.273 e. The molecule has 3 rings (SSSR count). The van der Waals surface area contributed by atoms with E-state index in [0.717, 1.165) is 11.3 Å². The monoisotopic (exact) mass is 471 g/mol. The number of nitro benzene ring substituents is 1. The molecule has 0 aliphatic rings. The summed E-state index contributed by atoms with van der Waals surface area (Å²) in [5.41, 5.74) is 1.00. The van der Waals surface area contributed by atoms with E-state index < -0.39 is 22.8 Å². The SMILES string of the molecule is CCC(C)C(NC(=O)c1ccc(C)c([N+](=O)[O-])c1)C(=O)Nc1nnc(-c2ccc(F)cc2)s1. The van der Waals surface area contributed by atoms with Crippen molar-refractivity contribution < 1.29 is 18.9 Å². The van der Waals surface area contributed by atoms with Gasteiger partial charge in [0.25, 0.3) is 11.6 Å². The van der Waals surface area contributed by atoms with Gasteiger partial charge < -0.3 is 5.32 Å². The standard InChI is InChI=1S/C22H22FN5O4S/c1-4-12(2)18(24-19(29)15-6-5-13(3)17(11-15)28(31)32)20(30)25-22-27-26-21(33-22)14-7-9-16(23)10-8-14/h5-12,18H,4H2,1-3H3,(H,24,29)(H,25,27,30). The molecule has 0 bridgehead atoms. The van der Waals surface area contributed by atoms with Crippen molar-refractivity contribution >= 4 is 34.0 Å². The van der Waals surface area contributed by atoms with E-state index >= 15 is 0 Å². The van der Waals surface area contributed by atoms with Gasteiger partial charge in [0.1, 0.15) is 16.9 Å². The van der Waals surface area contributed by atoms with Crippen molar-refractivity contribution in [1.29, 1.82) is 0 Å². The Morgan fingerprint density at radius 3 is 2.52 bits per heavy atom. The Morgan fingerprint density at radius 1 is 1.18 bits per heavy atom. The highest BCUT2D eigenvalue weighted by Crippen LogP contribution is 2.27. The predicted octanol–water partition coefficient (Wildman–Crippen LogP) is 4.34. The molecule has 0 aliphatic heterocycles. The van der Waals surface area contributed by atoms with Crippen molar-refractivity contribution in [3.63, 3.8) is 0 Å². The number of anilines is 1. The number of nitro groups is 1. The topological polar surface area (TPSA) is 127 Å². The zero-order chi connectivity index (χ0) is 24.1. The number of aryl methyl sites for hydroxylation is 1. The van der Waals surface area contributed by atoms with Gasteiger partial charge in [-0.3, -0.25) is 25.0 Å². The van der Waals surface area contributed by atoms with Crippen LogP contribution in [0.1, 0.15) is 36.2 Å². The number of halogens is 1. The molecule has 2 N–H and O–H groups in total. The molecule has 2 unspecified atom stereocenters. The third-order valence-electron chi connectivity index (χ3n) is 5.20. The number of aromatic nitrogens is 2. The van der Waals surface area contributed by atoms with Crippen LogP contribution in [0.2, 0.25) is 0 Å². The fraction of sp³-hybridized carbons (Fsp3) is 0.273. The van der Waals surface area contributed by atoms with Gasteiger partial charge in [-0.05, 0) is 43.2 Å². The summed E-state index contributed by atoms with van der Waals surface area (Å²) in [6, 6.07) is 8.98. The van der Waals surface area contributed by atoms with Crippen molar-refractivity contribution in [2.24, 2.45) is 5.92 Å². The van der Waals surface area contributed by atoms with Gasteiger partial charge in [0.15, 0.2) is 0 Å². The van der Waals surface area contributed by atoms with Crippen LogP contribution >= 0.6 is 11.3 Å². The minimum absolute atomic E-state index is 0.0860. The Kier molecular flexibility index (Phi) is 7.44.